The first-order valence-corrected chi connectivity index (χ1v) is 7.37. The van der Waals surface area contributed by atoms with Crippen molar-refractivity contribution in [1.82, 2.24) is 15.5 Å². The van der Waals surface area contributed by atoms with Gasteiger partial charge < -0.3 is 10.6 Å². The molecule has 118 valence electrons. The van der Waals surface area contributed by atoms with E-state index in [1.165, 1.54) is 0 Å². The molecule has 0 radical (unpaired) electrons. The lowest BCUT2D eigenvalue weighted by Gasteiger charge is -2.22. The summed E-state index contributed by atoms with van der Waals surface area (Å²) in [6.07, 6.45) is 0.785. The van der Waals surface area contributed by atoms with Crippen LogP contribution in [0.2, 0.25) is 0 Å². The number of nitrogens with zero attached hydrogens (tertiary/aromatic N) is 1. The smallest absolute Gasteiger partial charge is 0.325 e. The molecule has 1 aliphatic heterocycles. The van der Waals surface area contributed by atoms with Crippen molar-refractivity contribution in [2.75, 3.05) is 6.54 Å². The van der Waals surface area contributed by atoms with E-state index in [1.807, 2.05) is 19.9 Å². The van der Waals surface area contributed by atoms with E-state index in [0.717, 1.165) is 11.3 Å². The van der Waals surface area contributed by atoms with Gasteiger partial charge >= 0.3 is 6.03 Å². The summed E-state index contributed by atoms with van der Waals surface area (Å²) in [7, 11) is 0. The lowest BCUT2D eigenvalue weighted by Crippen LogP contribution is -2.44. The summed E-state index contributed by atoms with van der Waals surface area (Å²) < 4.78 is 0. The summed E-state index contributed by atoms with van der Waals surface area (Å²) >= 11 is 0. The van der Waals surface area contributed by atoms with E-state index in [2.05, 4.69) is 10.6 Å². The molecule has 0 unspecified atom stereocenters. The van der Waals surface area contributed by atoms with Crippen molar-refractivity contribution in [1.29, 1.82) is 0 Å². The van der Waals surface area contributed by atoms with Crippen LogP contribution in [0.1, 0.15) is 32.8 Å². The lowest BCUT2D eigenvalue weighted by molar-refractivity contribution is -0.135. The molecule has 0 bridgehead atoms. The average Bonchev–Trinajstić information content (AvgIpc) is 2.72. The quantitative estimate of drug-likeness (QED) is 0.806. The maximum atomic E-state index is 12.6. The Morgan fingerprint density at radius 1 is 1.32 bits per heavy atom. The zero-order valence-electron chi connectivity index (χ0n) is 13.1. The number of rotatable bonds is 5. The Balaban J connectivity index is 2.14. The molecule has 4 amide bonds. The van der Waals surface area contributed by atoms with Crippen molar-refractivity contribution in [2.24, 2.45) is 0 Å². The summed E-state index contributed by atoms with van der Waals surface area (Å²) in [6.45, 7) is 5.20. The highest BCUT2D eigenvalue weighted by molar-refractivity contribution is 6.09. The first-order valence-electron chi connectivity index (χ1n) is 7.37. The van der Waals surface area contributed by atoms with E-state index in [0.29, 0.717) is 5.56 Å². The van der Waals surface area contributed by atoms with Crippen molar-refractivity contribution < 1.29 is 14.4 Å². The third-order valence-electron chi connectivity index (χ3n) is 3.95. The predicted octanol–water partition coefficient (Wildman–Crippen LogP) is 1.37. The van der Waals surface area contributed by atoms with E-state index < -0.39 is 17.5 Å². The highest BCUT2D eigenvalue weighted by Gasteiger charge is 2.49. The van der Waals surface area contributed by atoms with Crippen LogP contribution in [0.25, 0.3) is 0 Å². The van der Waals surface area contributed by atoms with E-state index in [1.54, 1.807) is 31.2 Å². The number of carbonyl (C=O) groups excluding carboxylic acids is 3. The molecule has 2 rings (SSSR count). The molecule has 6 nitrogen and oxygen atoms in total. The van der Waals surface area contributed by atoms with Crippen LogP contribution in [0, 0.1) is 0 Å². The Morgan fingerprint density at radius 3 is 2.55 bits per heavy atom. The molecule has 0 saturated carbocycles. The fourth-order valence-corrected chi connectivity index (χ4v) is 2.37. The molecule has 1 aromatic rings. The van der Waals surface area contributed by atoms with Crippen molar-refractivity contribution in [3.8, 4) is 0 Å². The maximum Gasteiger partial charge on any atom is 0.325 e. The number of amides is 4. The Labute approximate surface area is 129 Å². The molecule has 1 saturated heterocycles. The zero-order chi connectivity index (χ0) is 16.3. The third-order valence-corrected chi connectivity index (χ3v) is 3.95. The third kappa shape index (κ3) is 2.95. The molecule has 6 heteroatoms. The van der Waals surface area contributed by atoms with Crippen LogP contribution >= 0.6 is 0 Å². The van der Waals surface area contributed by atoms with Crippen LogP contribution in [-0.4, -0.2) is 35.3 Å². The largest absolute Gasteiger partial charge is 0.352 e. The van der Waals surface area contributed by atoms with Gasteiger partial charge in [-0.25, -0.2) is 4.79 Å². The molecule has 2 atom stereocenters. The van der Waals surface area contributed by atoms with Gasteiger partial charge in [0.2, 0.25) is 5.91 Å². The molecular formula is C16H21N3O3. The minimum atomic E-state index is -1.13. The topological polar surface area (TPSA) is 78.5 Å². The van der Waals surface area contributed by atoms with Crippen LogP contribution in [0.4, 0.5) is 4.79 Å². The molecule has 1 aromatic carbocycles. The highest BCUT2D eigenvalue weighted by Crippen LogP contribution is 2.28. The Hall–Kier alpha value is -2.37. The van der Waals surface area contributed by atoms with E-state index in [9.17, 15) is 14.4 Å². The van der Waals surface area contributed by atoms with Gasteiger partial charge in [0.1, 0.15) is 12.1 Å². The summed E-state index contributed by atoms with van der Waals surface area (Å²) in [4.78, 5) is 37.6. The standard InChI is InChI=1S/C16H21N3O3/c1-4-11(2)17-13(20)10-19-14(21)16(3,18-15(19)22)12-8-6-5-7-9-12/h5-9,11H,4,10H2,1-3H3,(H,17,20)(H,18,22)/t11-,16+/m1/s1. The Morgan fingerprint density at radius 2 is 1.95 bits per heavy atom. The molecule has 0 aliphatic carbocycles. The van der Waals surface area contributed by atoms with Crippen LogP contribution in [0.15, 0.2) is 30.3 Å². The summed E-state index contributed by atoms with van der Waals surface area (Å²) in [5.74, 6) is -0.752. The number of hydrogen-bond donors (Lipinski definition) is 2. The second-order valence-corrected chi connectivity index (χ2v) is 5.69. The molecule has 2 N–H and O–H groups in total. The summed E-state index contributed by atoms with van der Waals surface area (Å²) in [5, 5.41) is 5.43. The molecule has 0 aromatic heterocycles. The van der Waals surface area contributed by atoms with E-state index in [4.69, 9.17) is 0 Å². The highest BCUT2D eigenvalue weighted by atomic mass is 16.2. The Bertz CT molecular complexity index is 588. The Kier molecular flexibility index (Phi) is 4.49. The fraction of sp³-hybridized carbons (Fsp3) is 0.438. The number of hydrogen-bond acceptors (Lipinski definition) is 3. The molecule has 1 fully saturated rings. The van der Waals surface area contributed by atoms with Crippen LogP contribution < -0.4 is 10.6 Å². The van der Waals surface area contributed by atoms with Crippen LogP contribution in [-0.2, 0) is 15.1 Å². The summed E-state index contributed by atoms with van der Waals surface area (Å²) in [6, 6.07) is 8.47. The first-order chi connectivity index (χ1) is 10.4. The van der Waals surface area contributed by atoms with E-state index >= 15 is 0 Å². The minimum Gasteiger partial charge on any atom is -0.352 e. The van der Waals surface area contributed by atoms with Crippen LogP contribution in [0.5, 0.6) is 0 Å². The molecular weight excluding hydrogens is 282 g/mol. The minimum absolute atomic E-state index is 0.00812. The van der Waals surface area contributed by atoms with Crippen LogP contribution in [0.3, 0.4) is 0 Å². The number of urea groups is 1. The van der Waals surface area contributed by atoms with Gasteiger partial charge in [0, 0.05) is 6.04 Å². The van der Waals surface area contributed by atoms with Crippen molar-refractivity contribution >= 4 is 17.8 Å². The number of carbonyl (C=O) groups is 3. The van der Waals surface area contributed by atoms with Gasteiger partial charge in [-0.15, -0.1) is 0 Å². The van der Waals surface area contributed by atoms with Gasteiger partial charge in [-0.1, -0.05) is 37.3 Å². The summed E-state index contributed by atoms with van der Waals surface area (Å²) in [5.41, 5.74) is -0.437. The van der Waals surface area contributed by atoms with Gasteiger partial charge in [0.15, 0.2) is 0 Å². The zero-order valence-corrected chi connectivity index (χ0v) is 13.1. The van der Waals surface area contributed by atoms with Crippen molar-refractivity contribution in [2.45, 2.75) is 38.8 Å². The van der Waals surface area contributed by atoms with Crippen molar-refractivity contribution in [3.63, 3.8) is 0 Å². The second kappa shape index (κ2) is 6.17. The monoisotopic (exact) mass is 303 g/mol. The average molecular weight is 303 g/mol. The normalized spacial score (nSPS) is 22.4. The number of benzene rings is 1. The number of nitrogens with one attached hydrogen (secondary N) is 2. The molecule has 22 heavy (non-hydrogen) atoms. The first kappa shape index (κ1) is 16.0. The van der Waals surface area contributed by atoms with Gasteiger partial charge in [-0.05, 0) is 25.8 Å². The lowest BCUT2D eigenvalue weighted by atomic mass is 9.92. The molecule has 1 aliphatic rings. The van der Waals surface area contributed by atoms with Crippen molar-refractivity contribution in [3.05, 3.63) is 35.9 Å². The van der Waals surface area contributed by atoms with Gasteiger partial charge in [0.25, 0.3) is 5.91 Å². The maximum absolute atomic E-state index is 12.6. The SMILES string of the molecule is CC[C@@H](C)NC(=O)CN1C(=O)N[C@@](C)(c2ccccc2)C1=O. The number of imide groups is 1. The second-order valence-electron chi connectivity index (χ2n) is 5.69. The predicted molar refractivity (Wildman–Crippen MR) is 81.9 cm³/mol. The molecule has 1 heterocycles. The molecule has 0 spiro atoms. The van der Waals surface area contributed by atoms with Gasteiger partial charge in [-0.3, -0.25) is 14.5 Å². The van der Waals surface area contributed by atoms with Gasteiger partial charge in [-0.2, -0.15) is 0 Å². The van der Waals surface area contributed by atoms with E-state index in [-0.39, 0.29) is 18.5 Å². The fourth-order valence-electron chi connectivity index (χ4n) is 2.37. The van der Waals surface area contributed by atoms with Gasteiger partial charge in [0.05, 0.1) is 0 Å².